The van der Waals surface area contributed by atoms with E-state index in [2.05, 4.69) is 10.4 Å². The second kappa shape index (κ2) is 7.67. The molecule has 0 saturated carbocycles. The third-order valence-electron chi connectivity index (χ3n) is 4.65. The van der Waals surface area contributed by atoms with Gasteiger partial charge < -0.3 is 10.2 Å². The van der Waals surface area contributed by atoms with Crippen LogP contribution in [-0.2, 0) is 10.0 Å². The van der Waals surface area contributed by atoms with Crippen LogP contribution in [0.2, 0.25) is 5.15 Å². The zero-order valence-electron chi connectivity index (χ0n) is 16.0. The fourth-order valence-corrected chi connectivity index (χ4v) is 4.45. The normalized spacial score (nSPS) is 17.2. The Labute approximate surface area is 174 Å². The molecule has 2 aromatic carbocycles. The summed E-state index contributed by atoms with van der Waals surface area (Å²) in [6.07, 6.45) is 3.00. The van der Waals surface area contributed by atoms with E-state index in [-0.39, 0.29) is 5.15 Å². The van der Waals surface area contributed by atoms with Gasteiger partial charge in [0.05, 0.1) is 30.1 Å². The number of hydrogen-bond acceptors (Lipinski definition) is 5. The van der Waals surface area contributed by atoms with E-state index in [1.807, 2.05) is 67.6 Å². The van der Waals surface area contributed by atoms with Gasteiger partial charge in [0.25, 0.3) is 0 Å². The van der Waals surface area contributed by atoms with Gasteiger partial charge in [0.1, 0.15) is 10.9 Å². The molecule has 1 aromatic heterocycles. The van der Waals surface area contributed by atoms with Crippen molar-refractivity contribution >= 4 is 38.2 Å². The first-order chi connectivity index (χ1) is 13.9. The summed E-state index contributed by atoms with van der Waals surface area (Å²) in [5.41, 5.74) is 5.88. The quantitative estimate of drug-likeness (QED) is 0.617. The standard InChI is InChI=1S/C21H20ClN3O3S/c1-3-28-16-9-10-18-15(11-16)12-17(21(22)23-18)20-13-19(14-7-5-4-6-8-14)24-25(20)29(2,26)27/h4-13,20,24H,3H2,1-2H3/t20-/m0/s1. The molecule has 1 atom stereocenters. The Morgan fingerprint density at radius 2 is 1.93 bits per heavy atom. The van der Waals surface area contributed by atoms with Crippen molar-refractivity contribution in [2.45, 2.75) is 13.0 Å². The predicted octanol–water partition coefficient (Wildman–Crippen LogP) is 4.15. The smallest absolute Gasteiger partial charge is 0.228 e. The minimum absolute atomic E-state index is 0.257. The van der Waals surface area contributed by atoms with Crippen molar-refractivity contribution in [3.05, 3.63) is 77.0 Å². The SMILES string of the molecule is CCOc1ccc2nc(Cl)c([C@@H]3C=C(c4ccccc4)NN3S(C)(=O)=O)cc2c1. The van der Waals surface area contributed by atoms with E-state index in [0.29, 0.717) is 23.4 Å². The number of hydrazine groups is 1. The number of ether oxygens (including phenoxy) is 1. The van der Waals surface area contributed by atoms with Gasteiger partial charge in [0.15, 0.2) is 0 Å². The van der Waals surface area contributed by atoms with Crippen molar-refractivity contribution in [1.29, 1.82) is 0 Å². The zero-order valence-corrected chi connectivity index (χ0v) is 17.5. The Balaban J connectivity index is 1.84. The molecule has 0 unspecified atom stereocenters. The third kappa shape index (κ3) is 3.94. The van der Waals surface area contributed by atoms with Crippen LogP contribution >= 0.6 is 11.6 Å². The Morgan fingerprint density at radius 1 is 1.17 bits per heavy atom. The predicted molar refractivity (Wildman–Crippen MR) is 115 cm³/mol. The molecule has 0 saturated heterocycles. The van der Waals surface area contributed by atoms with Crippen molar-refractivity contribution in [2.75, 3.05) is 12.9 Å². The first-order valence-corrected chi connectivity index (χ1v) is 11.4. The molecule has 1 aliphatic heterocycles. The number of rotatable bonds is 5. The van der Waals surface area contributed by atoms with Gasteiger partial charge in [-0.15, -0.1) is 4.41 Å². The van der Waals surface area contributed by atoms with Crippen LogP contribution in [-0.4, -0.2) is 30.7 Å². The zero-order chi connectivity index (χ0) is 20.6. The highest BCUT2D eigenvalue weighted by atomic mass is 35.5. The maximum atomic E-state index is 12.5. The number of aromatic nitrogens is 1. The molecule has 4 rings (SSSR count). The van der Waals surface area contributed by atoms with E-state index in [4.69, 9.17) is 16.3 Å². The Bertz CT molecular complexity index is 1200. The molecule has 1 N–H and O–H groups in total. The van der Waals surface area contributed by atoms with Crippen molar-refractivity contribution < 1.29 is 13.2 Å². The number of hydrogen-bond donors (Lipinski definition) is 1. The lowest BCUT2D eigenvalue weighted by Crippen LogP contribution is -2.38. The minimum atomic E-state index is -3.57. The molecule has 8 heteroatoms. The molecule has 0 aliphatic carbocycles. The Morgan fingerprint density at radius 3 is 2.62 bits per heavy atom. The molecule has 0 amide bonds. The molecule has 0 fully saturated rings. The molecule has 1 aliphatic rings. The molecule has 150 valence electrons. The lowest BCUT2D eigenvalue weighted by molar-refractivity contribution is 0.340. The first-order valence-electron chi connectivity index (χ1n) is 9.13. The van der Waals surface area contributed by atoms with Crippen LogP contribution in [0, 0.1) is 0 Å². The van der Waals surface area contributed by atoms with Crippen LogP contribution in [0.4, 0.5) is 0 Å². The highest BCUT2D eigenvalue weighted by molar-refractivity contribution is 7.88. The fraction of sp³-hybridized carbons (Fsp3) is 0.190. The molecule has 0 bridgehead atoms. The summed E-state index contributed by atoms with van der Waals surface area (Å²) < 4.78 is 31.7. The van der Waals surface area contributed by atoms with Gasteiger partial charge in [-0.3, -0.25) is 0 Å². The summed E-state index contributed by atoms with van der Waals surface area (Å²) in [5, 5.41) is 1.08. The number of benzene rings is 2. The van der Waals surface area contributed by atoms with E-state index < -0.39 is 16.1 Å². The second-order valence-electron chi connectivity index (χ2n) is 6.72. The Kier molecular flexibility index (Phi) is 5.21. The monoisotopic (exact) mass is 429 g/mol. The van der Waals surface area contributed by atoms with Crippen LogP contribution in [0.5, 0.6) is 5.75 Å². The summed E-state index contributed by atoms with van der Waals surface area (Å²) in [7, 11) is -3.57. The number of fused-ring (bicyclic) bond motifs is 1. The number of pyridine rings is 1. The fourth-order valence-electron chi connectivity index (χ4n) is 3.35. The van der Waals surface area contributed by atoms with Gasteiger partial charge in [0.2, 0.25) is 10.0 Å². The highest BCUT2D eigenvalue weighted by Gasteiger charge is 2.35. The maximum Gasteiger partial charge on any atom is 0.228 e. The van der Waals surface area contributed by atoms with Crippen molar-refractivity contribution in [1.82, 2.24) is 14.8 Å². The van der Waals surface area contributed by atoms with Gasteiger partial charge in [-0.2, -0.15) is 0 Å². The lowest BCUT2D eigenvalue weighted by atomic mass is 10.0. The molecule has 29 heavy (non-hydrogen) atoms. The molecule has 2 heterocycles. The Hall–Kier alpha value is -2.61. The van der Waals surface area contributed by atoms with Crippen LogP contribution in [0.25, 0.3) is 16.6 Å². The van der Waals surface area contributed by atoms with Gasteiger partial charge in [-0.1, -0.05) is 41.9 Å². The van der Waals surface area contributed by atoms with Gasteiger partial charge in [-0.05, 0) is 42.8 Å². The summed E-state index contributed by atoms with van der Waals surface area (Å²) >= 11 is 6.47. The van der Waals surface area contributed by atoms with Crippen molar-refractivity contribution in [3.8, 4) is 5.75 Å². The average molecular weight is 430 g/mol. The minimum Gasteiger partial charge on any atom is -0.494 e. The summed E-state index contributed by atoms with van der Waals surface area (Å²) in [4.78, 5) is 4.47. The molecule has 6 nitrogen and oxygen atoms in total. The van der Waals surface area contributed by atoms with Gasteiger partial charge in [-0.25, -0.2) is 13.4 Å². The van der Waals surface area contributed by atoms with Gasteiger partial charge >= 0.3 is 0 Å². The van der Waals surface area contributed by atoms with E-state index in [1.54, 1.807) is 0 Å². The van der Waals surface area contributed by atoms with Crippen LogP contribution in [0.3, 0.4) is 0 Å². The van der Waals surface area contributed by atoms with Crippen LogP contribution in [0.1, 0.15) is 24.1 Å². The summed E-state index contributed by atoms with van der Waals surface area (Å²) in [6, 6.07) is 16.3. The van der Waals surface area contributed by atoms with E-state index in [9.17, 15) is 8.42 Å². The molecular formula is C21H20ClN3O3S. The topological polar surface area (TPSA) is 71.5 Å². The first kappa shape index (κ1) is 19.7. The summed E-state index contributed by atoms with van der Waals surface area (Å²) in [5.74, 6) is 0.722. The van der Waals surface area contributed by atoms with Crippen molar-refractivity contribution in [2.24, 2.45) is 0 Å². The highest BCUT2D eigenvalue weighted by Crippen LogP contribution is 2.37. The molecular weight excluding hydrogens is 410 g/mol. The third-order valence-corrected chi connectivity index (χ3v) is 5.98. The number of halogens is 1. The van der Waals surface area contributed by atoms with Gasteiger partial charge in [0, 0.05) is 10.9 Å². The molecule has 0 radical (unpaired) electrons. The van der Waals surface area contributed by atoms with Crippen LogP contribution in [0.15, 0.2) is 60.7 Å². The molecule has 3 aromatic rings. The van der Waals surface area contributed by atoms with E-state index >= 15 is 0 Å². The lowest BCUT2D eigenvalue weighted by Gasteiger charge is -2.23. The number of sulfonamides is 1. The van der Waals surface area contributed by atoms with E-state index in [1.165, 1.54) is 4.41 Å². The number of nitrogens with one attached hydrogen (secondary N) is 1. The van der Waals surface area contributed by atoms with Crippen molar-refractivity contribution in [3.63, 3.8) is 0 Å². The summed E-state index contributed by atoms with van der Waals surface area (Å²) in [6.45, 7) is 2.47. The maximum absolute atomic E-state index is 12.5. The largest absolute Gasteiger partial charge is 0.494 e. The molecule has 0 spiro atoms. The van der Waals surface area contributed by atoms with E-state index in [0.717, 1.165) is 23.0 Å². The number of nitrogens with zero attached hydrogens (tertiary/aromatic N) is 2. The average Bonchev–Trinajstić information content (AvgIpc) is 3.14. The van der Waals surface area contributed by atoms with Crippen LogP contribution < -0.4 is 10.2 Å². The second-order valence-corrected chi connectivity index (χ2v) is 8.94.